The minimum absolute atomic E-state index is 0.0837. The summed E-state index contributed by atoms with van der Waals surface area (Å²) in [5, 5.41) is 6.62. The van der Waals surface area contributed by atoms with Crippen LogP contribution in [0.15, 0.2) is 42.5 Å². The maximum absolute atomic E-state index is 11.8. The van der Waals surface area contributed by atoms with Crippen LogP contribution < -0.4 is 10.6 Å². The summed E-state index contributed by atoms with van der Waals surface area (Å²) >= 11 is 8.07. The lowest BCUT2D eigenvalue weighted by molar-refractivity contribution is -0.114. The normalized spacial score (nSPS) is 10.2. The Morgan fingerprint density at radius 3 is 2.55 bits per heavy atom. The number of hydrogen-bond acceptors (Lipinski definition) is 2. The van der Waals surface area contributed by atoms with Crippen LogP contribution in [-0.4, -0.2) is 12.5 Å². The van der Waals surface area contributed by atoms with Crippen LogP contribution in [0.1, 0.15) is 5.56 Å². The zero-order chi connectivity index (χ0) is 14.5. The van der Waals surface area contributed by atoms with E-state index >= 15 is 0 Å². The first-order chi connectivity index (χ1) is 9.54. The topological polar surface area (TPSA) is 41.1 Å². The lowest BCUT2D eigenvalue weighted by Gasteiger charge is -2.09. The molecule has 0 radical (unpaired) electrons. The molecule has 0 aliphatic carbocycles. The first kappa shape index (κ1) is 15.1. The van der Waals surface area contributed by atoms with Gasteiger partial charge in [-0.2, -0.15) is 0 Å². The molecule has 0 atom stereocenters. The fourth-order valence-corrected chi connectivity index (χ4v) is 2.71. The van der Waals surface area contributed by atoms with Crippen LogP contribution in [0, 0.1) is 10.5 Å². The number of carbonyl (C=O) groups is 1. The van der Waals surface area contributed by atoms with Gasteiger partial charge in [-0.1, -0.05) is 29.3 Å². The van der Waals surface area contributed by atoms with Crippen LogP contribution in [0.4, 0.5) is 11.4 Å². The summed E-state index contributed by atoms with van der Waals surface area (Å²) in [6.07, 6.45) is 0. The van der Waals surface area contributed by atoms with E-state index in [4.69, 9.17) is 11.6 Å². The van der Waals surface area contributed by atoms with Crippen LogP contribution >= 0.6 is 34.2 Å². The smallest absolute Gasteiger partial charge is 0.243 e. The average molecular weight is 401 g/mol. The number of benzene rings is 2. The Labute approximate surface area is 136 Å². The van der Waals surface area contributed by atoms with E-state index in [1.54, 1.807) is 6.07 Å². The second-order valence-corrected chi connectivity index (χ2v) is 5.99. The highest BCUT2D eigenvalue weighted by Crippen LogP contribution is 2.22. The molecule has 2 rings (SSSR count). The van der Waals surface area contributed by atoms with E-state index < -0.39 is 0 Å². The SMILES string of the molecule is Cc1ccc(NC(=O)CNc2ccc(Cl)cc2I)cc1. The molecule has 0 aliphatic heterocycles. The number of aryl methyl sites for hydroxylation is 1. The van der Waals surface area contributed by atoms with Gasteiger partial charge in [0.2, 0.25) is 5.91 Å². The highest BCUT2D eigenvalue weighted by Gasteiger charge is 2.04. The molecule has 0 aromatic heterocycles. The monoisotopic (exact) mass is 400 g/mol. The zero-order valence-corrected chi connectivity index (χ0v) is 13.8. The van der Waals surface area contributed by atoms with Crippen molar-refractivity contribution in [1.29, 1.82) is 0 Å². The van der Waals surface area contributed by atoms with E-state index in [2.05, 4.69) is 33.2 Å². The van der Waals surface area contributed by atoms with Crippen molar-refractivity contribution in [1.82, 2.24) is 0 Å². The number of carbonyl (C=O) groups excluding carboxylic acids is 1. The molecule has 0 unspecified atom stereocenters. The molecule has 0 bridgehead atoms. The molecule has 0 fully saturated rings. The molecule has 0 saturated heterocycles. The lowest BCUT2D eigenvalue weighted by Crippen LogP contribution is -2.22. The van der Waals surface area contributed by atoms with Gasteiger partial charge in [0.15, 0.2) is 0 Å². The lowest BCUT2D eigenvalue weighted by atomic mass is 10.2. The summed E-state index contributed by atoms with van der Waals surface area (Å²) < 4.78 is 0.984. The maximum atomic E-state index is 11.8. The van der Waals surface area contributed by atoms with E-state index in [0.29, 0.717) is 5.02 Å². The third-order valence-corrected chi connectivity index (χ3v) is 3.83. The van der Waals surface area contributed by atoms with Gasteiger partial charge in [-0.25, -0.2) is 0 Å². The molecule has 0 heterocycles. The van der Waals surface area contributed by atoms with E-state index in [-0.39, 0.29) is 12.5 Å². The van der Waals surface area contributed by atoms with Crippen molar-refractivity contribution in [3.8, 4) is 0 Å². The largest absolute Gasteiger partial charge is 0.375 e. The Morgan fingerprint density at radius 2 is 1.90 bits per heavy atom. The second-order valence-electron chi connectivity index (χ2n) is 4.39. The van der Waals surface area contributed by atoms with E-state index in [1.165, 1.54) is 0 Å². The minimum Gasteiger partial charge on any atom is -0.375 e. The van der Waals surface area contributed by atoms with Gasteiger partial charge in [0.25, 0.3) is 0 Å². The Balaban J connectivity index is 1.90. The highest BCUT2D eigenvalue weighted by molar-refractivity contribution is 14.1. The Morgan fingerprint density at radius 1 is 1.20 bits per heavy atom. The van der Waals surface area contributed by atoms with Crippen molar-refractivity contribution in [2.75, 3.05) is 17.2 Å². The Hall–Kier alpha value is -1.27. The number of nitrogens with one attached hydrogen (secondary N) is 2. The summed E-state index contributed by atoms with van der Waals surface area (Å²) in [6, 6.07) is 13.2. The fraction of sp³-hybridized carbons (Fsp3) is 0.133. The molecular weight excluding hydrogens is 387 g/mol. The van der Waals surface area contributed by atoms with Crippen LogP contribution in [0.5, 0.6) is 0 Å². The van der Waals surface area contributed by atoms with E-state index in [0.717, 1.165) is 20.5 Å². The third kappa shape index (κ3) is 4.38. The van der Waals surface area contributed by atoms with Crippen LogP contribution in [0.2, 0.25) is 5.02 Å². The van der Waals surface area contributed by atoms with E-state index in [9.17, 15) is 4.79 Å². The minimum atomic E-state index is -0.0837. The molecule has 3 nitrogen and oxygen atoms in total. The third-order valence-electron chi connectivity index (χ3n) is 2.71. The summed E-state index contributed by atoms with van der Waals surface area (Å²) in [5.74, 6) is -0.0837. The summed E-state index contributed by atoms with van der Waals surface area (Å²) in [5.41, 5.74) is 2.86. The van der Waals surface area contributed by atoms with Crippen molar-refractivity contribution in [2.24, 2.45) is 0 Å². The summed E-state index contributed by atoms with van der Waals surface area (Å²) in [6.45, 7) is 2.22. The highest BCUT2D eigenvalue weighted by atomic mass is 127. The Bertz CT molecular complexity index is 614. The van der Waals surface area contributed by atoms with Gasteiger partial charge in [0, 0.05) is 20.0 Å². The van der Waals surface area contributed by atoms with Crippen molar-refractivity contribution < 1.29 is 4.79 Å². The summed E-state index contributed by atoms with van der Waals surface area (Å²) in [4.78, 5) is 11.8. The molecule has 2 aromatic rings. The zero-order valence-electron chi connectivity index (χ0n) is 10.9. The molecule has 20 heavy (non-hydrogen) atoms. The number of anilines is 2. The second kappa shape index (κ2) is 6.95. The average Bonchev–Trinajstić information content (AvgIpc) is 2.40. The van der Waals surface area contributed by atoms with Crippen LogP contribution in [0.25, 0.3) is 0 Å². The predicted octanol–water partition coefficient (Wildman–Crippen LogP) is 4.30. The molecule has 2 N–H and O–H groups in total. The molecule has 1 amide bonds. The van der Waals surface area contributed by atoms with Gasteiger partial charge < -0.3 is 10.6 Å². The molecular formula is C15H14ClIN2O. The molecule has 5 heteroatoms. The van der Waals surface area contributed by atoms with Gasteiger partial charge in [-0.05, 0) is 59.8 Å². The van der Waals surface area contributed by atoms with Crippen molar-refractivity contribution in [3.05, 3.63) is 56.6 Å². The fourth-order valence-electron chi connectivity index (χ4n) is 1.65. The van der Waals surface area contributed by atoms with E-state index in [1.807, 2.05) is 43.3 Å². The van der Waals surface area contributed by atoms with Gasteiger partial charge in [0.05, 0.1) is 6.54 Å². The predicted molar refractivity (Wildman–Crippen MR) is 92.5 cm³/mol. The van der Waals surface area contributed by atoms with Crippen molar-refractivity contribution in [2.45, 2.75) is 6.92 Å². The molecule has 104 valence electrons. The van der Waals surface area contributed by atoms with Gasteiger partial charge in [-0.15, -0.1) is 0 Å². The molecule has 2 aromatic carbocycles. The first-order valence-electron chi connectivity index (χ1n) is 6.10. The standard InChI is InChI=1S/C15H14ClIN2O/c1-10-2-5-12(6-3-10)19-15(20)9-18-14-7-4-11(16)8-13(14)17/h2-8,18H,9H2,1H3,(H,19,20). The van der Waals surface area contributed by atoms with Crippen LogP contribution in [-0.2, 0) is 4.79 Å². The maximum Gasteiger partial charge on any atom is 0.243 e. The number of amides is 1. The molecule has 0 saturated carbocycles. The van der Waals surface area contributed by atoms with Crippen molar-refractivity contribution in [3.63, 3.8) is 0 Å². The number of halogens is 2. The molecule has 0 aliphatic rings. The summed E-state index contributed by atoms with van der Waals surface area (Å²) in [7, 11) is 0. The van der Waals surface area contributed by atoms with Gasteiger partial charge in [0.1, 0.15) is 0 Å². The number of hydrogen-bond donors (Lipinski definition) is 2. The Kier molecular flexibility index (Phi) is 5.25. The quantitative estimate of drug-likeness (QED) is 0.751. The number of rotatable bonds is 4. The molecule has 0 spiro atoms. The van der Waals surface area contributed by atoms with Gasteiger partial charge >= 0.3 is 0 Å². The van der Waals surface area contributed by atoms with Crippen molar-refractivity contribution >= 4 is 51.5 Å². The first-order valence-corrected chi connectivity index (χ1v) is 7.56. The van der Waals surface area contributed by atoms with Gasteiger partial charge in [-0.3, -0.25) is 4.79 Å². The van der Waals surface area contributed by atoms with Crippen LogP contribution in [0.3, 0.4) is 0 Å².